The highest BCUT2D eigenvalue weighted by molar-refractivity contribution is 6.30. The highest BCUT2D eigenvalue weighted by Gasteiger charge is 2.15. The minimum atomic E-state index is 0.322. The van der Waals surface area contributed by atoms with E-state index in [1.54, 1.807) is 0 Å². The monoisotopic (exact) mass is 178 g/mol. The fourth-order valence-electron chi connectivity index (χ4n) is 1.22. The molecule has 2 heteroatoms. The van der Waals surface area contributed by atoms with Crippen molar-refractivity contribution in [1.29, 1.82) is 0 Å². The lowest BCUT2D eigenvalue weighted by molar-refractivity contribution is 0.605. The van der Waals surface area contributed by atoms with Gasteiger partial charge in [0.15, 0.2) is 0 Å². The van der Waals surface area contributed by atoms with Crippen molar-refractivity contribution in [2.24, 2.45) is 5.92 Å². The van der Waals surface area contributed by atoms with Crippen LogP contribution in [-0.2, 0) is 0 Å². The maximum absolute atomic E-state index is 5.99. The summed E-state index contributed by atoms with van der Waals surface area (Å²) in [5, 5.41) is 1.31. The largest absolute Gasteiger partial charge is 0.123 e. The number of allylic oxidation sites excluding steroid dienone is 2. The van der Waals surface area contributed by atoms with Crippen molar-refractivity contribution in [3.63, 3.8) is 0 Å². The molecule has 0 radical (unpaired) electrons. The van der Waals surface area contributed by atoms with Gasteiger partial charge in [-0.2, -0.15) is 0 Å². The van der Waals surface area contributed by atoms with Gasteiger partial charge in [0.2, 0.25) is 0 Å². The lowest BCUT2D eigenvalue weighted by atomic mass is 10.1. The fraction of sp³-hybridized carbons (Fsp3) is 0.750. The summed E-state index contributed by atoms with van der Waals surface area (Å²) >= 11 is 11.9. The second kappa shape index (κ2) is 3.64. The summed E-state index contributed by atoms with van der Waals surface area (Å²) in [6.07, 6.45) is 5.23. The SMILES string of the molecule is CC1CC(Cl)CCC=C1Cl. The third kappa shape index (κ3) is 2.17. The summed E-state index contributed by atoms with van der Waals surface area (Å²) in [7, 11) is 0. The summed E-state index contributed by atoms with van der Waals surface area (Å²) in [6.45, 7) is 2.12. The Morgan fingerprint density at radius 3 is 3.00 bits per heavy atom. The molecule has 0 aromatic rings. The van der Waals surface area contributed by atoms with Crippen LogP contribution in [0.1, 0.15) is 26.2 Å². The van der Waals surface area contributed by atoms with E-state index in [1.807, 2.05) is 0 Å². The first-order valence-electron chi connectivity index (χ1n) is 3.69. The third-order valence-electron chi connectivity index (χ3n) is 1.90. The fourth-order valence-corrected chi connectivity index (χ4v) is 1.81. The normalized spacial score (nSPS) is 34.9. The lowest BCUT2D eigenvalue weighted by Crippen LogP contribution is -2.02. The zero-order valence-electron chi connectivity index (χ0n) is 6.11. The average Bonchev–Trinajstić information content (AvgIpc) is 1.96. The maximum Gasteiger partial charge on any atom is 0.0345 e. The Hall–Kier alpha value is 0.320. The van der Waals surface area contributed by atoms with E-state index in [1.165, 1.54) is 0 Å². The van der Waals surface area contributed by atoms with Gasteiger partial charge in [0.05, 0.1) is 0 Å². The molecule has 1 aliphatic carbocycles. The van der Waals surface area contributed by atoms with Gasteiger partial charge in [0.1, 0.15) is 0 Å². The van der Waals surface area contributed by atoms with Crippen LogP contribution in [0, 0.1) is 5.92 Å². The lowest BCUT2D eigenvalue weighted by Gasteiger charge is -2.09. The van der Waals surface area contributed by atoms with E-state index in [0.717, 1.165) is 24.3 Å². The number of halogens is 2. The van der Waals surface area contributed by atoms with Crippen LogP contribution < -0.4 is 0 Å². The number of alkyl halides is 1. The van der Waals surface area contributed by atoms with Crippen LogP contribution in [0.25, 0.3) is 0 Å². The Bertz CT molecular complexity index is 140. The summed E-state index contributed by atoms with van der Waals surface area (Å²) < 4.78 is 0. The molecule has 1 aliphatic rings. The van der Waals surface area contributed by atoms with E-state index in [-0.39, 0.29) is 0 Å². The number of hydrogen-bond donors (Lipinski definition) is 0. The van der Waals surface area contributed by atoms with Crippen LogP contribution >= 0.6 is 23.2 Å². The quantitative estimate of drug-likeness (QED) is 0.499. The predicted octanol–water partition coefficient (Wildman–Crippen LogP) is 3.54. The molecular formula is C8H12Cl2. The molecule has 0 saturated heterocycles. The molecule has 0 heterocycles. The molecule has 0 aromatic heterocycles. The van der Waals surface area contributed by atoms with Crippen LogP contribution in [0.3, 0.4) is 0 Å². The van der Waals surface area contributed by atoms with Gasteiger partial charge >= 0.3 is 0 Å². The average molecular weight is 179 g/mol. The van der Waals surface area contributed by atoms with E-state index in [0.29, 0.717) is 11.3 Å². The number of hydrogen-bond acceptors (Lipinski definition) is 0. The topological polar surface area (TPSA) is 0 Å². The summed E-state index contributed by atoms with van der Waals surface area (Å²) in [6, 6.07) is 0. The second-order valence-corrected chi connectivity index (χ2v) is 3.95. The Morgan fingerprint density at radius 2 is 2.30 bits per heavy atom. The summed E-state index contributed by atoms with van der Waals surface area (Å²) in [5.74, 6) is 0.465. The molecule has 0 spiro atoms. The minimum Gasteiger partial charge on any atom is -0.123 e. The van der Waals surface area contributed by atoms with Crippen molar-refractivity contribution in [3.05, 3.63) is 11.1 Å². The van der Waals surface area contributed by atoms with E-state index in [9.17, 15) is 0 Å². The second-order valence-electron chi connectivity index (χ2n) is 2.90. The maximum atomic E-state index is 5.99. The molecule has 58 valence electrons. The van der Waals surface area contributed by atoms with Crippen LogP contribution in [0.15, 0.2) is 11.1 Å². The molecule has 1 rings (SSSR count). The first kappa shape index (κ1) is 8.42. The Balaban J connectivity index is 2.55. The molecule has 0 nitrogen and oxygen atoms in total. The molecular weight excluding hydrogens is 167 g/mol. The molecule has 0 aliphatic heterocycles. The first-order valence-corrected chi connectivity index (χ1v) is 4.51. The van der Waals surface area contributed by atoms with Crippen molar-refractivity contribution >= 4 is 23.2 Å². The van der Waals surface area contributed by atoms with Crippen LogP contribution in [0.5, 0.6) is 0 Å². The number of rotatable bonds is 0. The van der Waals surface area contributed by atoms with E-state index in [4.69, 9.17) is 23.2 Å². The van der Waals surface area contributed by atoms with Crippen molar-refractivity contribution in [2.45, 2.75) is 31.6 Å². The highest BCUT2D eigenvalue weighted by Crippen LogP contribution is 2.28. The standard InChI is InChI=1S/C8H12Cl2/c1-6-5-7(9)3-2-4-8(6)10/h4,6-7H,2-3,5H2,1H3. The van der Waals surface area contributed by atoms with Crippen LogP contribution in [0.4, 0.5) is 0 Å². The van der Waals surface area contributed by atoms with Crippen molar-refractivity contribution in [1.82, 2.24) is 0 Å². The highest BCUT2D eigenvalue weighted by atomic mass is 35.5. The molecule has 0 saturated carbocycles. The van der Waals surface area contributed by atoms with Gasteiger partial charge in [0, 0.05) is 10.4 Å². The summed E-state index contributed by atoms with van der Waals surface area (Å²) in [5.41, 5.74) is 0. The Morgan fingerprint density at radius 1 is 1.60 bits per heavy atom. The van der Waals surface area contributed by atoms with Crippen molar-refractivity contribution in [2.75, 3.05) is 0 Å². The molecule has 0 aromatic carbocycles. The van der Waals surface area contributed by atoms with E-state index < -0.39 is 0 Å². The molecule has 10 heavy (non-hydrogen) atoms. The molecule has 0 fully saturated rings. The molecule has 0 N–H and O–H groups in total. The van der Waals surface area contributed by atoms with Gasteiger partial charge in [-0.25, -0.2) is 0 Å². The smallest absolute Gasteiger partial charge is 0.0345 e. The van der Waals surface area contributed by atoms with Crippen LogP contribution in [-0.4, -0.2) is 5.38 Å². The predicted molar refractivity (Wildman–Crippen MR) is 46.6 cm³/mol. The molecule has 2 atom stereocenters. The zero-order chi connectivity index (χ0) is 7.56. The van der Waals surface area contributed by atoms with Crippen molar-refractivity contribution in [3.8, 4) is 0 Å². The Labute approximate surface area is 72.2 Å². The molecule has 0 amide bonds. The molecule has 0 bridgehead atoms. The van der Waals surface area contributed by atoms with Gasteiger partial charge in [-0.15, -0.1) is 11.6 Å². The van der Waals surface area contributed by atoms with Gasteiger partial charge in [-0.05, 0) is 25.2 Å². The summed E-state index contributed by atoms with van der Waals surface area (Å²) in [4.78, 5) is 0. The van der Waals surface area contributed by atoms with E-state index >= 15 is 0 Å². The minimum absolute atomic E-state index is 0.322. The van der Waals surface area contributed by atoms with E-state index in [2.05, 4.69) is 13.0 Å². The Kier molecular flexibility index (Phi) is 3.06. The van der Waals surface area contributed by atoms with Gasteiger partial charge in [0.25, 0.3) is 0 Å². The van der Waals surface area contributed by atoms with Crippen LogP contribution in [0.2, 0.25) is 0 Å². The van der Waals surface area contributed by atoms with Gasteiger partial charge in [-0.3, -0.25) is 0 Å². The molecule has 2 unspecified atom stereocenters. The van der Waals surface area contributed by atoms with Gasteiger partial charge < -0.3 is 0 Å². The third-order valence-corrected chi connectivity index (χ3v) is 2.82. The van der Waals surface area contributed by atoms with Gasteiger partial charge in [-0.1, -0.05) is 24.6 Å². The first-order chi connectivity index (χ1) is 4.70. The van der Waals surface area contributed by atoms with Crippen molar-refractivity contribution < 1.29 is 0 Å². The zero-order valence-corrected chi connectivity index (χ0v) is 7.62.